The zero-order valence-electron chi connectivity index (χ0n) is 11.2. The lowest BCUT2D eigenvalue weighted by Gasteiger charge is -2.20. The zero-order chi connectivity index (χ0) is 13.3. The van der Waals surface area contributed by atoms with Crippen LogP contribution in [0.2, 0.25) is 0 Å². The molecule has 0 saturated carbocycles. The highest BCUT2D eigenvalue weighted by atomic mass is 32.2. The smallest absolute Gasteiger partial charge is 0.310 e. The van der Waals surface area contributed by atoms with Gasteiger partial charge in [0.05, 0.1) is 18.8 Å². The lowest BCUT2D eigenvalue weighted by molar-refractivity contribution is -0.145. The van der Waals surface area contributed by atoms with Crippen molar-refractivity contribution in [2.75, 3.05) is 32.2 Å². The van der Waals surface area contributed by atoms with Crippen LogP contribution in [0.1, 0.15) is 26.7 Å². The van der Waals surface area contributed by atoms with Crippen LogP contribution in [0.5, 0.6) is 0 Å². The Balaban J connectivity index is 3.84. The quantitative estimate of drug-likeness (QED) is 0.493. The van der Waals surface area contributed by atoms with Crippen LogP contribution in [-0.4, -0.2) is 49.0 Å². The van der Waals surface area contributed by atoms with Crippen molar-refractivity contribution in [1.82, 2.24) is 4.90 Å². The maximum absolute atomic E-state index is 11.7. The molecule has 0 fully saturated rings. The van der Waals surface area contributed by atoms with E-state index in [9.17, 15) is 9.59 Å². The summed E-state index contributed by atoms with van der Waals surface area (Å²) in [6.07, 6.45) is 2.29. The summed E-state index contributed by atoms with van der Waals surface area (Å²) in [7, 11) is 3.09. The van der Waals surface area contributed by atoms with Crippen LogP contribution in [0, 0.1) is 5.92 Å². The number of esters is 1. The Kier molecular flexibility index (Phi) is 8.94. The average molecular weight is 261 g/mol. The first-order valence-electron chi connectivity index (χ1n) is 5.92. The van der Waals surface area contributed by atoms with Crippen LogP contribution in [-0.2, 0) is 14.3 Å². The van der Waals surface area contributed by atoms with Gasteiger partial charge in [0.25, 0.3) is 0 Å². The number of thioether (sulfide) groups is 1. The van der Waals surface area contributed by atoms with Crippen LogP contribution in [0.25, 0.3) is 0 Å². The number of amides is 1. The number of carbonyl (C=O) groups excluding carboxylic acids is 2. The highest BCUT2D eigenvalue weighted by Crippen LogP contribution is 2.07. The van der Waals surface area contributed by atoms with E-state index in [-0.39, 0.29) is 17.8 Å². The molecule has 0 aromatic heterocycles. The predicted octanol–water partition coefficient (Wildman–Crippen LogP) is 1.79. The van der Waals surface area contributed by atoms with Crippen LogP contribution in [0.4, 0.5) is 0 Å². The molecule has 0 aromatic carbocycles. The molecule has 0 rings (SSSR count). The largest absolute Gasteiger partial charge is 0.469 e. The van der Waals surface area contributed by atoms with Crippen molar-refractivity contribution in [1.29, 1.82) is 0 Å². The Hall–Kier alpha value is -0.710. The fourth-order valence-electron chi connectivity index (χ4n) is 1.30. The van der Waals surface area contributed by atoms with Gasteiger partial charge in [-0.05, 0) is 12.2 Å². The molecule has 0 N–H and O–H groups in total. The highest BCUT2D eigenvalue weighted by Gasteiger charge is 2.18. The third-order valence-corrected chi connectivity index (χ3v) is 3.47. The number of unbranched alkanes of at least 4 members (excludes halogenated alkanes) is 1. The van der Waals surface area contributed by atoms with Crippen LogP contribution < -0.4 is 0 Å². The van der Waals surface area contributed by atoms with Gasteiger partial charge in [-0.2, -0.15) is 11.8 Å². The first-order chi connectivity index (χ1) is 8.02. The summed E-state index contributed by atoms with van der Waals surface area (Å²) >= 11 is 1.65. The molecule has 1 atom stereocenters. The van der Waals surface area contributed by atoms with Crippen LogP contribution in [0.15, 0.2) is 0 Å². The van der Waals surface area contributed by atoms with Crippen molar-refractivity contribution in [2.24, 2.45) is 5.92 Å². The molecule has 0 radical (unpaired) electrons. The number of hydrogen-bond donors (Lipinski definition) is 0. The van der Waals surface area contributed by atoms with Crippen molar-refractivity contribution in [3.63, 3.8) is 0 Å². The molecule has 1 unspecified atom stereocenters. The number of carbonyl (C=O) groups is 2. The molecule has 0 saturated heterocycles. The van der Waals surface area contributed by atoms with E-state index in [0.29, 0.717) is 12.3 Å². The molecule has 0 aliphatic heterocycles. The third kappa shape index (κ3) is 7.26. The summed E-state index contributed by atoms with van der Waals surface area (Å²) in [5.74, 6) is 1.03. The van der Waals surface area contributed by atoms with Gasteiger partial charge in [-0.25, -0.2) is 0 Å². The number of nitrogens with zero attached hydrogens (tertiary/aromatic N) is 1. The van der Waals surface area contributed by atoms with E-state index in [4.69, 9.17) is 0 Å². The fraction of sp³-hybridized carbons (Fsp3) is 0.833. The Morgan fingerprint density at radius 3 is 2.59 bits per heavy atom. The standard InChI is InChI=1S/C12H23NO3S/c1-5-6-7-17-9-11(14)13(3)8-10(2)12(15)16-4/h10H,5-9H2,1-4H3. The van der Waals surface area contributed by atoms with E-state index in [2.05, 4.69) is 11.7 Å². The van der Waals surface area contributed by atoms with Crippen molar-refractivity contribution >= 4 is 23.6 Å². The van der Waals surface area contributed by atoms with E-state index in [0.717, 1.165) is 18.6 Å². The molecule has 5 heteroatoms. The lowest BCUT2D eigenvalue weighted by atomic mass is 10.2. The summed E-state index contributed by atoms with van der Waals surface area (Å²) in [5.41, 5.74) is 0. The average Bonchev–Trinajstić information content (AvgIpc) is 2.32. The van der Waals surface area contributed by atoms with Gasteiger partial charge in [-0.1, -0.05) is 20.3 Å². The minimum absolute atomic E-state index is 0.0712. The second-order valence-corrected chi connectivity index (χ2v) is 5.21. The van der Waals surface area contributed by atoms with E-state index >= 15 is 0 Å². The minimum Gasteiger partial charge on any atom is -0.469 e. The lowest BCUT2D eigenvalue weighted by Crippen LogP contribution is -2.35. The first kappa shape index (κ1) is 16.3. The van der Waals surface area contributed by atoms with Crippen LogP contribution in [0.3, 0.4) is 0 Å². The summed E-state index contributed by atoms with van der Waals surface area (Å²) in [4.78, 5) is 24.5. The van der Waals surface area contributed by atoms with E-state index in [1.54, 1.807) is 30.6 Å². The number of ether oxygens (including phenoxy) is 1. The molecule has 0 aromatic rings. The van der Waals surface area contributed by atoms with Gasteiger partial charge in [0, 0.05) is 13.6 Å². The van der Waals surface area contributed by atoms with Gasteiger partial charge in [-0.15, -0.1) is 0 Å². The van der Waals surface area contributed by atoms with Crippen molar-refractivity contribution < 1.29 is 14.3 Å². The van der Waals surface area contributed by atoms with Crippen LogP contribution >= 0.6 is 11.8 Å². The van der Waals surface area contributed by atoms with Crippen molar-refractivity contribution in [3.8, 4) is 0 Å². The van der Waals surface area contributed by atoms with Gasteiger partial charge in [0.15, 0.2) is 0 Å². The summed E-state index contributed by atoms with van der Waals surface area (Å²) < 4.78 is 4.62. The van der Waals surface area contributed by atoms with E-state index in [1.165, 1.54) is 7.11 Å². The molecule has 4 nitrogen and oxygen atoms in total. The highest BCUT2D eigenvalue weighted by molar-refractivity contribution is 7.99. The van der Waals surface area contributed by atoms with Crippen molar-refractivity contribution in [2.45, 2.75) is 26.7 Å². The molecule has 0 heterocycles. The Bertz CT molecular complexity index is 246. The molecule has 1 amide bonds. The Morgan fingerprint density at radius 1 is 1.41 bits per heavy atom. The van der Waals surface area contributed by atoms with Gasteiger partial charge in [0.1, 0.15) is 0 Å². The van der Waals surface area contributed by atoms with Gasteiger partial charge >= 0.3 is 5.97 Å². The second kappa shape index (κ2) is 9.33. The fourth-order valence-corrected chi connectivity index (χ4v) is 2.34. The number of rotatable bonds is 8. The van der Waals surface area contributed by atoms with Crippen molar-refractivity contribution in [3.05, 3.63) is 0 Å². The summed E-state index contributed by atoms with van der Waals surface area (Å²) in [6, 6.07) is 0. The molecular weight excluding hydrogens is 238 g/mol. The normalized spacial score (nSPS) is 12.0. The molecule has 0 spiro atoms. The summed E-state index contributed by atoms with van der Waals surface area (Å²) in [6.45, 7) is 4.31. The Labute approximate surface area is 108 Å². The molecule has 0 aliphatic rings. The molecular formula is C12H23NO3S. The van der Waals surface area contributed by atoms with Gasteiger partial charge < -0.3 is 9.64 Å². The molecule has 100 valence electrons. The summed E-state index contributed by atoms with van der Waals surface area (Å²) in [5, 5.41) is 0. The topological polar surface area (TPSA) is 46.6 Å². The second-order valence-electron chi connectivity index (χ2n) is 4.10. The first-order valence-corrected chi connectivity index (χ1v) is 7.07. The molecule has 17 heavy (non-hydrogen) atoms. The zero-order valence-corrected chi connectivity index (χ0v) is 12.0. The predicted molar refractivity (Wildman–Crippen MR) is 71.1 cm³/mol. The molecule has 0 bridgehead atoms. The number of hydrogen-bond acceptors (Lipinski definition) is 4. The van der Waals surface area contributed by atoms with Gasteiger partial charge in [-0.3, -0.25) is 9.59 Å². The van der Waals surface area contributed by atoms with Gasteiger partial charge in [0.2, 0.25) is 5.91 Å². The monoisotopic (exact) mass is 261 g/mol. The van der Waals surface area contributed by atoms with E-state index in [1.807, 2.05) is 0 Å². The van der Waals surface area contributed by atoms with E-state index < -0.39 is 0 Å². The third-order valence-electron chi connectivity index (χ3n) is 2.44. The SMILES string of the molecule is CCCCSCC(=O)N(C)CC(C)C(=O)OC. The Morgan fingerprint density at radius 2 is 2.06 bits per heavy atom. The maximum atomic E-state index is 11.7. The minimum atomic E-state index is -0.275. The maximum Gasteiger partial charge on any atom is 0.310 e. The molecule has 0 aliphatic carbocycles. The number of methoxy groups -OCH3 is 1.